The van der Waals surface area contributed by atoms with Crippen molar-refractivity contribution >= 4 is 11.7 Å². The predicted octanol–water partition coefficient (Wildman–Crippen LogP) is 3.18. The highest BCUT2D eigenvalue weighted by atomic mass is 16.3. The van der Waals surface area contributed by atoms with Gasteiger partial charge >= 0.3 is 11.7 Å². The number of aryl methyl sites for hydroxylation is 1. The summed E-state index contributed by atoms with van der Waals surface area (Å²) in [5, 5.41) is 17.4. The van der Waals surface area contributed by atoms with Crippen molar-refractivity contribution in [1.29, 1.82) is 0 Å². The summed E-state index contributed by atoms with van der Waals surface area (Å²) in [4.78, 5) is 42.6. The number of nitrogens with zero attached hydrogens (tertiary/aromatic N) is 4. The summed E-state index contributed by atoms with van der Waals surface area (Å²) in [7, 11) is 1.60. The van der Waals surface area contributed by atoms with Crippen molar-refractivity contribution in [2.24, 2.45) is 7.05 Å². The van der Waals surface area contributed by atoms with Gasteiger partial charge in [-0.3, -0.25) is 9.78 Å². The Balaban J connectivity index is 1.28. The van der Waals surface area contributed by atoms with Crippen molar-refractivity contribution in [3.05, 3.63) is 87.7 Å². The van der Waals surface area contributed by atoms with Gasteiger partial charge in [0.05, 0.1) is 6.04 Å². The van der Waals surface area contributed by atoms with Gasteiger partial charge < -0.3 is 19.9 Å². The van der Waals surface area contributed by atoms with Crippen LogP contribution in [0.25, 0.3) is 22.5 Å². The van der Waals surface area contributed by atoms with E-state index in [0.29, 0.717) is 42.9 Å². The number of aromatic nitrogens is 4. The molecule has 5 rings (SSSR count). The Labute approximate surface area is 206 Å². The molecule has 2 amide bonds. The van der Waals surface area contributed by atoms with Gasteiger partial charge in [0.1, 0.15) is 11.4 Å². The Bertz CT molecular complexity index is 1510. The molecule has 3 heterocycles. The number of piperidine rings is 1. The molecule has 3 N–H and O–H groups in total. The summed E-state index contributed by atoms with van der Waals surface area (Å²) in [6, 6.07) is 17.3. The molecule has 0 atom stereocenters. The standard InChI is InChI=1S/C26H26N6O4/c1-30-16-18(20-9-5-6-10-22(20)33)15-21(24(30)34)27-25(35)31-13-11-19(12-14-31)32-26(36)28-23(29-32)17-7-3-2-4-8-17/h2-10,15-16,19,33H,11-14H2,1H3,(H,27,35)(H,28,29,36). The number of carbonyl (C=O) groups is 1. The summed E-state index contributed by atoms with van der Waals surface area (Å²) < 4.78 is 2.83. The van der Waals surface area contributed by atoms with Crippen LogP contribution in [-0.4, -0.2) is 48.5 Å². The van der Waals surface area contributed by atoms with Crippen molar-refractivity contribution in [1.82, 2.24) is 24.2 Å². The molecule has 4 aromatic rings. The number of aromatic hydroxyl groups is 1. The lowest BCUT2D eigenvalue weighted by Gasteiger charge is -2.31. The molecule has 10 heteroatoms. The number of aromatic amines is 1. The maximum absolute atomic E-state index is 13.0. The van der Waals surface area contributed by atoms with E-state index in [-0.39, 0.29) is 34.8 Å². The van der Waals surface area contributed by atoms with E-state index in [1.54, 1.807) is 48.5 Å². The number of hydrogen-bond donors (Lipinski definition) is 3. The zero-order valence-electron chi connectivity index (χ0n) is 19.7. The summed E-state index contributed by atoms with van der Waals surface area (Å²) in [5.74, 6) is 0.598. The molecule has 0 bridgehead atoms. The smallest absolute Gasteiger partial charge is 0.343 e. The molecule has 0 spiro atoms. The van der Waals surface area contributed by atoms with E-state index in [2.05, 4.69) is 15.4 Å². The monoisotopic (exact) mass is 486 g/mol. The average molecular weight is 487 g/mol. The molecule has 10 nitrogen and oxygen atoms in total. The number of urea groups is 1. The second-order valence-corrected chi connectivity index (χ2v) is 8.81. The normalized spacial score (nSPS) is 14.1. The maximum Gasteiger partial charge on any atom is 0.343 e. The van der Waals surface area contributed by atoms with Crippen molar-refractivity contribution in [3.8, 4) is 28.3 Å². The van der Waals surface area contributed by atoms with Crippen molar-refractivity contribution in [3.63, 3.8) is 0 Å². The molecule has 0 aliphatic carbocycles. The first-order valence-electron chi connectivity index (χ1n) is 11.7. The van der Waals surface area contributed by atoms with Crippen LogP contribution >= 0.6 is 0 Å². The number of para-hydroxylation sites is 1. The first kappa shape index (κ1) is 23.2. The first-order valence-corrected chi connectivity index (χ1v) is 11.7. The highest BCUT2D eigenvalue weighted by Gasteiger charge is 2.27. The van der Waals surface area contributed by atoms with Gasteiger partial charge in [0.15, 0.2) is 5.82 Å². The fourth-order valence-corrected chi connectivity index (χ4v) is 4.48. The molecule has 1 aliphatic rings. The molecule has 2 aromatic heterocycles. The van der Waals surface area contributed by atoms with Gasteiger partial charge in [0.2, 0.25) is 0 Å². The SMILES string of the molecule is Cn1cc(-c2ccccc2O)cc(NC(=O)N2CCC(n3nc(-c4ccccc4)[nH]c3=O)CC2)c1=O. The zero-order chi connectivity index (χ0) is 25.2. The predicted molar refractivity (Wildman–Crippen MR) is 136 cm³/mol. The molecule has 0 radical (unpaired) electrons. The van der Waals surface area contributed by atoms with Crippen LogP contribution in [0.15, 0.2) is 76.4 Å². The van der Waals surface area contributed by atoms with E-state index < -0.39 is 0 Å². The van der Waals surface area contributed by atoms with Crippen LogP contribution in [0.3, 0.4) is 0 Å². The van der Waals surface area contributed by atoms with Gasteiger partial charge in [-0.2, -0.15) is 0 Å². The number of benzene rings is 2. The van der Waals surface area contributed by atoms with Crippen LogP contribution in [-0.2, 0) is 7.05 Å². The molecule has 0 unspecified atom stereocenters. The summed E-state index contributed by atoms with van der Waals surface area (Å²) in [5.41, 5.74) is 1.49. The Morgan fingerprint density at radius 1 is 1.03 bits per heavy atom. The van der Waals surface area contributed by atoms with Crippen LogP contribution in [0.2, 0.25) is 0 Å². The minimum absolute atomic E-state index is 0.0829. The number of carbonyl (C=O) groups excluding carboxylic acids is 1. The van der Waals surface area contributed by atoms with Gasteiger partial charge in [0, 0.05) is 43.0 Å². The lowest BCUT2D eigenvalue weighted by Crippen LogP contribution is -2.43. The van der Waals surface area contributed by atoms with E-state index >= 15 is 0 Å². The lowest BCUT2D eigenvalue weighted by atomic mass is 10.1. The fourth-order valence-electron chi connectivity index (χ4n) is 4.48. The molecule has 1 saturated heterocycles. The minimum Gasteiger partial charge on any atom is -0.507 e. The number of amides is 2. The topological polar surface area (TPSA) is 125 Å². The second-order valence-electron chi connectivity index (χ2n) is 8.81. The van der Waals surface area contributed by atoms with E-state index in [4.69, 9.17) is 0 Å². The molecule has 0 saturated carbocycles. The number of hydrogen-bond acceptors (Lipinski definition) is 5. The van der Waals surface area contributed by atoms with Crippen molar-refractivity contribution in [2.45, 2.75) is 18.9 Å². The lowest BCUT2D eigenvalue weighted by molar-refractivity contribution is 0.179. The third kappa shape index (κ3) is 4.52. The number of pyridine rings is 1. The van der Waals surface area contributed by atoms with Crippen LogP contribution in [0, 0.1) is 0 Å². The number of nitrogens with one attached hydrogen (secondary N) is 2. The maximum atomic E-state index is 13.0. The summed E-state index contributed by atoms with van der Waals surface area (Å²) in [6.07, 6.45) is 2.73. The highest BCUT2D eigenvalue weighted by Crippen LogP contribution is 2.29. The van der Waals surface area contributed by atoms with E-state index in [1.165, 1.54) is 9.25 Å². The molecule has 2 aromatic carbocycles. The third-order valence-electron chi connectivity index (χ3n) is 6.43. The van der Waals surface area contributed by atoms with Gasteiger partial charge in [0.25, 0.3) is 5.56 Å². The number of likely N-dealkylation sites (tertiary alicyclic amines) is 1. The largest absolute Gasteiger partial charge is 0.507 e. The molecular weight excluding hydrogens is 460 g/mol. The van der Waals surface area contributed by atoms with E-state index in [1.807, 2.05) is 30.3 Å². The van der Waals surface area contributed by atoms with Crippen LogP contribution < -0.4 is 16.6 Å². The number of anilines is 1. The Hall–Kier alpha value is -4.60. The van der Waals surface area contributed by atoms with Gasteiger partial charge in [-0.1, -0.05) is 48.5 Å². The van der Waals surface area contributed by atoms with Crippen molar-refractivity contribution < 1.29 is 9.90 Å². The Kier molecular flexibility index (Phi) is 6.16. The number of H-pyrrole nitrogens is 1. The van der Waals surface area contributed by atoms with E-state index in [9.17, 15) is 19.5 Å². The summed E-state index contributed by atoms with van der Waals surface area (Å²) in [6.45, 7) is 0.825. The van der Waals surface area contributed by atoms with E-state index in [0.717, 1.165) is 5.56 Å². The molecule has 1 aliphatic heterocycles. The number of phenolic OH excluding ortho intramolecular Hbond substituents is 1. The highest BCUT2D eigenvalue weighted by molar-refractivity contribution is 5.90. The van der Waals surface area contributed by atoms with Crippen LogP contribution in [0.5, 0.6) is 5.75 Å². The number of rotatable bonds is 4. The fraction of sp³-hybridized carbons (Fsp3) is 0.231. The molecular formula is C26H26N6O4. The van der Waals surface area contributed by atoms with Crippen molar-refractivity contribution in [2.75, 3.05) is 18.4 Å². The van der Waals surface area contributed by atoms with Crippen LogP contribution in [0.4, 0.5) is 10.5 Å². The Morgan fingerprint density at radius 2 is 1.72 bits per heavy atom. The summed E-state index contributed by atoms with van der Waals surface area (Å²) >= 11 is 0. The second kappa shape index (κ2) is 9.57. The van der Waals surface area contributed by atoms with Gasteiger partial charge in [-0.25, -0.2) is 14.3 Å². The quantitative estimate of drug-likeness (QED) is 0.409. The average Bonchev–Trinajstić information content (AvgIpc) is 3.29. The third-order valence-corrected chi connectivity index (χ3v) is 6.43. The minimum atomic E-state index is -0.390. The Morgan fingerprint density at radius 3 is 2.44 bits per heavy atom. The molecule has 184 valence electrons. The first-order chi connectivity index (χ1) is 17.4. The number of phenols is 1. The zero-order valence-corrected chi connectivity index (χ0v) is 19.7. The molecule has 36 heavy (non-hydrogen) atoms. The van der Waals surface area contributed by atoms with Crippen LogP contribution in [0.1, 0.15) is 18.9 Å². The van der Waals surface area contributed by atoms with Gasteiger partial charge in [-0.15, -0.1) is 5.10 Å². The van der Waals surface area contributed by atoms with Gasteiger partial charge in [-0.05, 0) is 25.0 Å². The molecule has 1 fully saturated rings.